The number of tetrazole rings is 1. The molecule has 0 radical (unpaired) electrons. The summed E-state index contributed by atoms with van der Waals surface area (Å²) in [5, 5.41) is 14.4. The van der Waals surface area contributed by atoms with Gasteiger partial charge in [-0.2, -0.15) is 0 Å². The van der Waals surface area contributed by atoms with Crippen LogP contribution in [0.5, 0.6) is 0 Å². The van der Waals surface area contributed by atoms with E-state index < -0.39 is 0 Å². The van der Waals surface area contributed by atoms with Crippen molar-refractivity contribution in [2.45, 2.75) is 65.0 Å². The van der Waals surface area contributed by atoms with E-state index in [0.717, 1.165) is 53.8 Å². The molecule has 10 nitrogen and oxygen atoms in total. The van der Waals surface area contributed by atoms with Gasteiger partial charge in [-0.15, -0.1) is 5.10 Å². The molecule has 206 valence electrons. The van der Waals surface area contributed by atoms with Crippen LogP contribution < -0.4 is 11.2 Å². The summed E-state index contributed by atoms with van der Waals surface area (Å²) in [4.78, 5) is 31.7. The van der Waals surface area contributed by atoms with E-state index in [1.807, 2.05) is 18.2 Å². The summed E-state index contributed by atoms with van der Waals surface area (Å²) in [6, 6.07) is 16.4. The third-order valence-electron chi connectivity index (χ3n) is 7.91. The Hall–Kier alpha value is -4.34. The van der Waals surface area contributed by atoms with Gasteiger partial charge in [0.2, 0.25) is 0 Å². The van der Waals surface area contributed by atoms with Crippen LogP contribution in [-0.2, 0) is 20.1 Å². The molecule has 40 heavy (non-hydrogen) atoms. The van der Waals surface area contributed by atoms with Crippen molar-refractivity contribution in [2.24, 2.45) is 13.0 Å². The average Bonchev–Trinajstić information content (AvgIpc) is 3.64. The minimum Gasteiger partial charge on any atom is -0.317 e. The molecule has 5 aromatic rings. The normalized spacial score (nSPS) is 14.4. The van der Waals surface area contributed by atoms with Crippen LogP contribution in [0, 0.1) is 5.92 Å². The highest BCUT2D eigenvalue weighted by Gasteiger charge is 2.27. The Morgan fingerprint density at radius 2 is 1.68 bits per heavy atom. The van der Waals surface area contributed by atoms with Crippen LogP contribution >= 0.6 is 0 Å². The topological polar surface area (TPSA) is 116 Å². The van der Waals surface area contributed by atoms with Gasteiger partial charge in [0.25, 0.3) is 5.56 Å². The minimum atomic E-state index is -0.309. The van der Waals surface area contributed by atoms with Crippen molar-refractivity contribution < 1.29 is 0 Å². The number of nitrogens with one attached hydrogen (secondary N) is 1. The number of nitrogens with zero attached hydrogens (tertiary/aromatic N) is 7. The smallest absolute Gasteiger partial charge is 0.317 e. The lowest BCUT2D eigenvalue weighted by Gasteiger charge is -2.22. The van der Waals surface area contributed by atoms with Crippen LogP contribution in [0.1, 0.15) is 63.3 Å². The first-order valence-electron chi connectivity index (χ1n) is 14.0. The van der Waals surface area contributed by atoms with Crippen molar-refractivity contribution in [1.29, 1.82) is 0 Å². The van der Waals surface area contributed by atoms with Crippen molar-refractivity contribution >= 4 is 11.2 Å². The first-order valence-corrected chi connectivity index (χ1v) is 14.0. The molecule has 1 aliphatic rings. The van der Waals surface area contributed by atoms with E-state index >= 15 is 0 Å². The Kier molecular flexibility index (Phi) is 6.91. The maximum absolute atomic E-state index is 13.6. The number of aromatic amines is 1. The molecule has 0 unspecified atom stereocenters. The van der Waals surface area contributed by atoms with Crippen molar-refractivity contribution in [3.8, 4) is 22.5 Å². The molecule has 6 rings (SSSR count). The van der Waals surface area contributed by atoms with Crippen LogP contribution in [0.25, 0.3) is 33.7 Å². The Bertz CT molecular complexity index is 1750. The molecule has 2 aromatic carbocycles. The van der Waals surface area contributed by atoms with E-state index in [-0.39, 0.29) is 23.1 Å². The first kappa shape index (κ1) is 25.9. The zero-order valence-electron chi connectivity index (χ0n) is 23.2. The van der Waals surface area contributed by atoms with E-state index in [0.29, 0.717) is 30.1 Å². The van der Waals surface area contributed by atoms with Gasteiger partial charge >= 0.3 is 5.69 Å². The maximum atomic E-state index is 13.6. The van der Waals surface area contributed by atoms with Gasteiger partial charge in [0.1, 0.15) is 5.82 Å². The second kappa shape index (κ2) is 10.7. The lowest BCUT2D eigenvalue weighted by Crippen LogP contribution is -2.39. The number of H-pyrrole nitrogens is 1. The highest BCUT2D eigenvalue weighted by atomic mass is 16.2. The lowest BCUT2D eigenvalue weighted by atomic mass is 9.88. The van der Waals surface area contributed by atoms with Gasteiger partial charge in [0, 0.05) is 31.6 Å². The van der Waals surface area contributed by atoms with E-state index in [1.54, 1.807) is 11.6 Å². The third kappa shape index (κ3) is 4.67. The number of hydrogen-bond donors (Lipinski definition) is 1. The largest absolute Gasteiger partial charge is 0.332 e. The van der Waals surface area contributed by atoms with Crippen LogP contribution in [-0.4, -0.2) is 39.3 Å². The average molecular weight is 539 g/mol. The predicted octanol–water partition coefficient (Wildman–Crippen LogP) is 4.50. The van der Waals surface area contributed by atoms with Gasteiger partial charge in [0.05, 0.1) is 0 Å². The lowest BCUT2D eigenvalue weighted by molar-refractivity contribution is 0.419. The molecule has 1 aliphatic carbocycles. The number of rotatable bonds is 7. The van der Waals surface area contributed by atoms with Crippen molar-refractivity contribution in [1.82, 2.24) is 39.3 Å². The molecular formula is C30H34N8O2. The SMILES string of the molecule is CC(C)Cn1c(=O)n(C)c(=O)c2c1nc(C1CCCCC1)n2Cc1ccc(-c2ccccc2-c2nnn[nH]2)cc1. The monoisotopic (exact) mass is 538 g/mol. The van der Waals surface area contributed by atoms with Gasteiger partial charge in [-0.25, -0.2) is 14.9 Å². The molecule has 0 saturated heterocycles. The highest BCUT2D eigenvalue weighted by Crippen LogP contribution is 2.34. The standard InChI is InChI=1S/C30H34N8O2/c1-19(2)17-38-28-25(29(39)36(3)30(38)40)37(27(31-28)22-9-5-4-6-10-22)18-20-13-15-21(16-14-20)23-11-7-8-12-24(23)26-32-34-35-33-26/h7-8,11-16,19,22H,4-6,9-10,17-18H2,1-3H3,(H,32,33,34,35). The van der Waals surface area contributed by atoms with E-state index in [2.05, 4.69) is 69.4 Å². The summed E-state index contributed by atoms with van der Waals surface area (Å²) in [5.74, 6) is 2.05. The summed E-state index contributed by atoms with van der Waals surface area (Å²) in [7, 11) is 1.56. The second-order valence-electron chi connectivity index (χ2n) is 11.2. The number of imidazole rings is 1. The molecule has 0 bridgehead atoms. The fourth-order valence-electron chi connectivity index (χ4n) is 5.92. The fraction of sp³-hybridized carbons (Fsp3) is 0.400. The van der Waals surface area contributed by atoms with Crippen LogP contribution in [0.4, 0.5) is 0 Å². The van der Waals surface area contributed by atoms with E-state index in [4.69, 9.17) is 4.98 Å². The summed E-state index contributed by atoms with van der Waals surface area (Å²) in [6.45, 7) is 5.16. The molecular weight excluding hydrogens is 504 g/mol. The maximum Gasteiger partial charge on any atom is 0.332 e. The molecule has 3 heterocycles. The van der Waals surface area contributed by atoms with Gasteiger partial charge in [-0.3, -0.25) is 13.9 Å². The summed E-state index contributed by atoms with van der Waals surface area (Å²) >= 11 is 0. The molecule has 0 atom stereocenters. The number of benzene rings is 2. The van der Waals surface area contributed by atoms with Crippen LogP contribution in [0.2, 0.25) is 0 Å². The molecule has 0 spiro atoms. The van der Waals surface area contributed by atoms with Crippen molar-refractivity contribution in [2.75, 3.05) is 0 Å². The molecule has 0 amide bonds. The zero-order chi connectivity index (χ0) is 27.8. The first-order chi connectivity index (χ1) is 19.4. The quantitative estimate of drug-likeness (QED) is 0.326. The van der Waals surface area contributed by atoms with Gasteiger partial charge in [-0.1, -0.05) is 81.6 Å². The molecule has 1 N–H and O–H groups in total. The summed E-state index contributed by atoms with van der Waals surface area (Å²) in [5.41, 5.74) is 4.46. The highest BCUT2D eigenvalue weighted by molar-refractivity contribution is 5.80. The Balaban J connectivity index is 1.44. The van der Waals surface area contributed by atoms with Crippen LogP contribution in [0.3, 0.4) is 0 Å². The van der Waals surface area contributed by atoms with Crippen LogP contribution in [0.15, 0.2) is 58.1 Å². The van der Waals surface area contributed by atoms with Crippen molar-refractivity contribution in [3.05, 3.63) is 80.8 Å². The zero-order valence-corrected chi connectivity index (χ0v) is 23.2. The van der Waals surface area contributed by atoms with Gasteiger partial charge in [-0.05, 0) is 45.9 Å². The fourth-order valence-corrected chi connectivity index (χ4v) is 5.92. The van der Waals surface area contributed by atoms with Gasteiger partial charge in [0.15, 0.2) is 17.0 Å². The van der Waals surface area contributed by atoms with E-state index in [9.17, 15) is 9.59 Å². The summed E-state index contributed by atoms with van der Waals surface area (Å²) < 4.78 is 4.99. The van der Waals surface area contributed by atoms with Gasteiger partial charge < -0.3 is 4.57 Å². The van der Waals surface area contributed by atoms with Crippen molar-refractivity contribution in [3.63, 3.8) is 0 Å². The summed E-state index contributed by atoms with van der Waals surface area (Å²) in [6.07, 6.45) is 5.62. The number of hydrogen-bond acceptors (Lipinski definition) is 6. The molecule has 1 saturated carbocycles. The van der Waals surface area contributed by atoms with E-state index in [1.165, 1.54) is 11.0 Å². The Labute approximate surface area is 231 Å². The molecule has 0 aliphatic heterocycles. The predicted molar refractivity (Wildman–Crippen MR) is 154 cm³/mol. The number of fused-ring (bicyclic) bond motifs is 1. The second-order valence-corrected chi connectivity index (χ2v) is 11.2. The molecule has 3 aromatic heterocycles. The minimum absolute atomic E-state index is 0.241. The third-order valence-corrected chi connectivity index (χ3v) is 7.91. The Morgan fingerprint density at radius 3 is 2.35 bits per heavy atom. The Morgan fingerprint density at radius 1 is 0.950 bits per heavy atom. The molecule has 1 fully saturated rings. The molecule has 10 heteroatoms. The number of aromatic nitrogens is 8.